The molecule has 0 saturated heterocycles. The lowest BCUT2D eigenvalue weighted by atomic mass is 10.2. The molecule has 3 N–H and O–H groups in total. The number of nitrogen functional groups attached to an aromatic ring is 1. The highest BCUT2D eigenvalue weighted by Gasteiger charge is 1.98. The van der Waals surface area contributed by atoms with Crippen molar-refractivity contribution in [1.82, 2.24) is 4.98 Å². The summed E-state index contributed by atoms with van der Waals surface area (Å²) in [6.07, 6.45) is 3.60. The maximum atomic E-state index is 5.82. The molecule has 15 heavy (non-hydrogen) atoms. The second-order valence-corrected chi connectivity index (χ2v) is 3.46. The van der Waals surface area contributed by atoms with Gasteiger partial charge in [0.05, 0.1) is 23.3 Å². The number of benzene rings is 1. The molecule has 0 radical (unpaired) electrons. The molecule has 0 atom stereocenters. The maximum absolute atomic E-state index is 5.82. The molecule has 0 saturated carbocycles. The van der Waals surface area contributed by atoms with Crippen LogP contribution in [-0.4, -0.2) is 4.98 Å². The molecule has 1 aromatic heterocycles. The van der Waals surface area contributed by atoms with Gasteiger partial charge in [0.1, 0.15) is 0 Å². The molecule has 3 heteroatoms. The van der Waals surface area contributed by atoms with Crippen LogP contribution in [0.15, 0.2) is 42.7 Å². The summed E-state index contributed by atoms with van der Waals surface area (Å²) >= 11 is 0. The van der Waals surface area contributed by atoms with E-state index in [1.165, 1.54) is 0 Å². The van der Waals surface area contributed by atoms with Crippen LogP contribution >= 0.6 is 0 Å². The van der Waals surface area contributed by atoms with Gasteiger partial charge < -0.3 is 11.1 Å². The second-order valence-electron chi connectivity index (χ2n) is 3.46. The van der Waals surface area contributed by atoms with Gasteiger partial charge in [-0.15, -0.1) is 0 Å². The van der Waals surface area contributed by atoms with Gasteiger partial charge in [0.15, 0.2) is 0 Å². The van der Waals surface area contributed by atoms with E-state index in [1.807, 2.05) is 43.5 Å². The molecule has 0 amide bonds. The fourth-order valence-electron chi connectivity index (χ4n) is 1.39. The van der Waals surface area contributed by atoms with E-state index in [-0.39, 0.29) is 0 Å². The van der Waals surface area contributed by atoms with Crippen LogP contribution in [-0.2, 0) is 0 Å². The summed E-state index contributed by atoms with van der Waals surface area (Å²) in [6.45, 7) is 2.01. The van der Waals surface area contributed by atoms with Gasteiger partial charge in [-0.2, -0.15) is 0 Å². The third-order valence-corrected chi connectivity index (χ3v) is 2.11. The Morgan fingerprint density at radius 1 is 1.20 bits per heavy atom. The normalized spacial score (nSPS) is 9.93. The molecule has 0 aliphatic rings. The van der Waals surface area contributed by atoms with E-state index in [0.717, 1.165) is 22.6 Å². The lowest BCUT2D eigenvalue weighted by Crippen LogP contribution is -1.96. The highest BCUT2D eigenvalue weighted by molar-refractivity contribution is 5.72. The Morgan fingerprint density at radius 2 is 2.00 bits per heavy atom. The van der Waals surface area contributed by atoms with Crippen molar-refractivity contribution in [3.8, 4) is 0 Å². The molecule has 0 aliphatic carbocycles. The van der Waals surface area contributed by atoms with Crippen LogP contribution in [0, 0.1) is 6.92 Å². The minimum atomic E-state index is 0.735. The van der Waals surface area contributed by atoms with E-state index in [9.17, 15) is 0 Å². The Hall–Kier alpha value is -2.03. The maximum Gasteiger partial charge on any atom is 0.0618 e. The zero-order valence-corrected chi connectivity index (χ0v) is 8.57. The minimum Gasteiger partial charge on any atom is -0.397 e. The van der Waals surface area contributed by atoms with Gasteiger partial charge >= 0.3 is 0 Å². The number of hydrogen-bond acceptors (Lipinski definition) is 3. The Balaban J connectivity index is 2.26. The average molecular weight is 199 g/mol. The number of para-hydroxylation sites is 2. The topological polar surface area (TPSA) is 50.9 Å². The van der Waals surface area contributed by atoms with Gasteiger partial charge in [-0.25, -0.2) is 0 Å². The first-order valence-corrected chi connectivity index (χ1v) is 4.79. The molecule has 0 aliphatic heterocycles. The van der Waals surface area contributed by atoms with Gasteiger partial charge in [0.25, 0.3) is 0 Å². The quantitative estimate of drug-likeness (QED) is 0.731. The van der Waals surface area contributed by atoms with Crippen LogP contribution in [0.25, 0.3) is 0 Å². The Bertz CT molecular complexity index is 466. The number of nitrogens with two attached hydrogens (primary N) is 1. The standard InChI is InChI=1S/C12H13N3/c1-9-6-10(8-14-7-9)15-12-5-3-2-4-11(12)13/h2-8,15H,13H2,1H3. The highest BCUT2D eigenvalue weighted by atomic mass is 14.9. The summed E-state index contributed by atoms with van der Waals surface area (Å²) in [5.41, 5.74) is 9.54. The third kappa shape index (κ3) is 2.26. The van der Waals surface area contributed by atoms with Crippen LogP contribution in [0.2, 0.25) is 0 Å². The number of hydrogen-bond donors (Lipinski definition) is 2. The molecule has 0 spiro atoms. The largest absolute Gasteiger partial charge is 0.397 e. The molecule has 2 aromatic rings. The third-order valence-electron chi connectivity index (χ3n) is 2.11. The predicted molar refractivity (Wildman–Crippen MR) is 63.1 cm³/mol. The monoisotopic (exact) mass is 199 g/mol. The molecule has 0 bridgehead atoms. The van der Waals surface area contributed by atoms with Crippen molar-refractivity contribution >= 4 is 17.1 Å². The van der Waals surface area contributed by atoms with Crippen LogP contribution in [0.3, 0.4) is 0 Å². The number of rotatable bonds is 2. The number of nitrogens with zero attached hydrogens (tertiary/aromatic N) is 1. The van der Waals surface area contributed by atoms with Gasteiger partial charge in [-0.05, 0) is 30.7 Å². The number of anilines is 3. The highest BCUT2D eigenvalue weighted by Crippen LogP contribution is 2.21. The van der Waals surface area contributed by atoms with Crippen molar-refractivity contribution in [2.75, 3.05) is 11.1 Å². The molecule has 2 rings (SSSR count). The summed E-state index contributed by atoms with van der Waals surface area (Å²) in [4.78, 5) is 4.11. The zero-order valence-electron chi connectivity index (χ0n) is 8.57. The lowest BCUT2D eigenvalue weighted by Gasteiger charge is -2.08. The Kier molecular flexibility index (Phi) is 2.54. The summed E-state index contributed by atoms with van der Waals surface area (Å²) in [7, 11) is 0. The van der Waals surface area contributed by atoms with Crippen molar-refractivity contribution < 1.29 is 0 Å². The van der Waals surface area contributed by atoms with E-state index >= 15 is 0 Å². The van der Waals surface area contributed by atoms with Crippen molar-refractivity contribution in [2.24, 2.45) is 0 Å². The first-order valence-electron chi connectivity index (χ1n) is 4.79. The van der Waals surface area contributed by atoms with E-state index in [1.54, 1.807) is 6.20 Å². The van der Waals surface area contributed by atoms with Crippen molar-refractivity contribution in [2.45, 2.75) is 6.92 Å². The number of pyridine rings is 1. The lowest BCUT2D eigenvalue weighted by molar-refractivity contribution is 1.26. The summed E-state index contributed by atoms with van der Waals surface area (Å²) in [6, 6.07) is 9.69. The van der Waals surface area contributed by atoms with E-state index in [0.29, 0.717) is 0 Å². The number of nitrogens with one attached hydrogen (secondary N) is 1. The molecule has 1 aromatic carbocycles. The summed E-state index contributed by atoms with van der Waals surface area (Å²) < 4.78 is 0. The first-order chi connectivity index (χ1) is 7.25. The first kappa shape index (κ1) is 9.52. The fraction of sp³-hybridized carbons (Fsp3) is 0.0833. The molecule has 1 heterocycles. The van der Waals surface area contributed by atoms with Crippen LogP contribution in [0.5, 0.6) is 0 Å². The van der Waals surface area contributed by atoms with Crippen molar-refractivity contribution in [3.05, 3.63) is 48.3 Å². The molecular weight excluding hydrogens is 186 g/mol. The molecule has 0 fully saturated rings. The number of aromatic nitrogens is 1. The Morgan fingerprint density at radius 3 is 2.73 bits per heavy atom. The SMILES string of the molecule is Cc1cncc(Nc2ccccc2N)c1. The molecule has 0 unspecified atom stereocenters. The average Bonchev–Trinajstić information content (AvgIpc) is 2.22. The van der Waals surface area contributed by atoms with Gasteiger partial charge in [-0.3, -0.25) is 4.98 Å². The minimum absolute atomic E-state index is 0.735. The summed E-state index contributed by atoms with van der Waals surface area (Å²) in [5.74, 6) is 0. The second kappa shape index (κ2) is 4.00. The van der Waals surface area contributed by atoms with Crippen molar-refractivity contribution in [1.29, 1.82) is 0 Å². The van der Waals surface area contributed by atoms with Crippen LogP contribution < -0.4 is 11.1 Å². The van der Waals surface area contributed by atoms with Gasteiger partial charge in [0, 0.05) is 6.20 Å². The van der Waals surface area contributed by atoms with E-state index in [2.05, 4.69) is 10.3 Å². The van der Waals surface area contributed by atoms with E-state index < -0.39 is 0 Å². The Labute approximate surface area is 89.0 Å². The summed E-state index contributed by atoms with van der Waals surface area (Å²) in [5, 5.41) is 3.23. The molecular formula is C12H13N3. The number of aryl methyl sites for hydroxylation is 1. The van der Waals surface area contributed by atoms with E-state index in [4.69, 9.17) is 5.73 Å². The van der Waals surface area contributed by atoms with Gasteiger partial charge in [0.2, 0.25) is 0 Å². The molecule has 3 nitrogen and oxygen atoms in total. The van der Waals surface area contributed by atoms with Crippen LogP contribution in [0.4, 0.5) is 17.1 Å². The molecule has 76 valence electrons. The fourth-order valence-corrected chi connectivity index (χ4v) is 1.39. The smallest absolute Gasteiger partial charge is 0.0618 e. The van der Waals surface area contributed by atoms with Crippen LogP contribution in [0.1, 0.15) is 5.56 Å². The van der Waals surface area contributed by atoms with Gasteiger partial charge in [-0.1, -0.05) is 12.1 Å². The van der Waals surface area contributed by atoms with Crippen molar-refractivity contribution in [3.63, 3.8) is 0 Å². The zero-order chi connectivity index (χ0) is 10.7. The predicted octanol–water partition coefficient (Wildman–Crippen LogP) is 2.72.